The van der Waals surface area contributed by atoms with Crippen molar-refractivity contribution in [3.05, 3.63) is 101 Å². The summed E-state index contributed by atoms with van der Waals surface area (Å²) in [5.41, 5.74) is 2.11. The molecule has 0 saturated heterocycles. The summed E-state index contributed by atoms with van der Waals surface area (Å²) in [6.07, 6.45) is 1.45. The number of hydrogen-bond donors (Lipinski definition) is 2. The number of nitrogens with zero attached hydrogens (tertiary/aromatic N) is 1. The predicted octanol–water partition coefficient (Wildman–Crippen LogP) is 5.14. The van der Waals surface area contributed by atoms with Crippen LogP contribution in [-0.2, 0) is 9.59 Å². The van der Waals surface area contributed by atoms with Crippen molar-refractivity contribution in [3.63, 3.8) is 0 Å². The lowest BCUT2D eigenvalue weighted by Crippen LogP contribution is -2.27. The van der Waals surface area contributed by atoms with Gasteiger partial charge >= 0.3 is 0 Å². The van der Waals surface area contributed by atoms with Gasteiger partial charge in [-0.05, 0) is 48.4 Å². The van der Waals surface area contributed by atoms with E-state index in [9.17, 15) is 14.9 Å². The fourth-order valence-electron chi connectivity index (χ4n) is 3.00. The molecule has 0 aliphatic carbocycles. The Morgan fingerprint density at radius 1 is 1.06 bits per heavy atom. The van der Waals surface area contributed by atoms with E-state index in [2.05, 4.69) is 10.6 Å². The van der Waals surface area contributed by atoms with E-state index in [1.165, 1.54) is 6.08 Å². The Labute approximate surface area is 197 Å². The molecule has 0 fully saturated rings. The van der Waals surface area contributed by atoms with Crippen molar-refractivity contribution in [1.29, 1.82) is 5.26 Å². The molecule has 0 spiro atoms. The first-order chi connectivity index (χ1) is 16.0. The highest BCUT2D eigenvalue weighted by molar-refractivity contribution is 6.32. The summed E-state index contributed by atoms with van der Waals surface area (Å²) in [5, 5.41) is 15.2. The van der Waals surface area contributed by atoms with Crippen LogP contribution in [0.3, 0.4) is 0 Å². The first kappa shape index (κ1) is 23.6. The fourth-order valence-corrected chi connectivity index (χ4v) is 3.24. The highest BCUT2D eigenvalue weighted by Crippen LogP contribution is 2.26. The van der Waals surface area contributed by atoms with E-state index in [0.717, 1.165) is 5.56 Å². The Kier molecular flexibility index (Phi) is 8.23. The number of ether oxygens (including phenoxy) is 1. The van der Waals surface area contributed by atoms with Crippen LogP contribution < -0.4 is 15.4 Å². The van der Waals surface area contributed by atoms with E-state index in [1.54, 1.807) is 30.3 Å². The quantitative estimate of drug-likeness (QED) is 0.360. The average Bonchev–Trinajstić information content (AvgIpc) is 2.83. The summed E-state index contributed by atoms with van der Waals surface area (Å²) in [4.78, 5) is 24.6. The minimum Gasteiger partial charge on any atom is -0.482 e. The molecule has 33 heavy (non-hydrogen) atoms. The molecule has 2 N–H and O–H groups in total. The molecule has 0 radical (unpaired) electrons. The number of para-hydroxylation sites is 1. The third-order valence-corrected chi connectivity index (χ3v) is 4.99. The molecule has 6 nitrogen and oxygen atoms in total. The number of anilines is 1. The minimum absolute atomic E-state index is 0.0512. The summed E-state index contributed by atoms with van der Waals surface area (Å²) in [6, 6.07) is 25.0. The Bertz CT molecular complexity index is 1190. The lowest BCUT2D eigenvalue weighted by Gasteiger charge is -2.14. The molecule has 166 valence electrons. The zero-order valence-electron chi connectivity index (χ0n) is 17.9. The highest BCUT2D eigenvalue weighted by atomic mass is 35.5. The zero-order chi connectivity index (χ0) is 23.6. The topological polar surface area (TPSA) is 91.2 Å². The third-order valence-electron chi connectivity index (χ3n) is 4.70. The van der Waals surface area contributed by atoms with E-state index in [1.807, 2.05) is 61.5 Å². The first-order valence-electron chi connectivity index (χ1n) is 10.2. The van der Waals surface area contributed by atoms with E-state index in [0.29, 0.717) is 17.0 Å². The van der Waals surface area contributed by atoms with Gasteiger partial charge in [-0.25, -0.2) is 0 Å². The number of rotatable bonds is 8. The number of benzene rings is 3. The summed E-state index contributed by atoms with van der Waals surface area (Å²) >= 11 is 6.27. The molecular formula is C26H22ClN3O3. The van der Waals surface area contributed by atoms with Gasteiger partial charge in [0.15, 0.2) is 6.61 Å². The van der Waals surface area contributed by atoms with Crippen molar-refractivity contribution in [1.82, 2.24) is 5.32 Å². The van der Waals surface area contributed by atoms with Crippen molar-refractivity contribution in [2.75, 3.05) is 11.9 Å². The Balaban J connectivity index is 1.62. The van der Waals surface area contributed by atoms with E-state index < -0.39 is 5.91 Å². The van der Waals surface area contributed by atoms with Gasteiger partial charge in [0.05, 0.1) is 11.1 Å². The molecule has 7 heteroatoms. The van der Waals surface area contributed by atoms with Gasteiger partial charge in [0, 0.05) is 5.69 Å². The zero-order valence-corrected chi connectivity index (χ0v) is 18.7. The standard InChI is InChI=1S/C26H22ClN3O3/c1-18(20-8-4-2-5-9-20)29-26(32)21(16-28)14-19-12-13-24(23(27)15-19)33-17-25(31)30-22-10-6-3-7-11-22/h2-15,18H,17H2,1H3,(H,29,32)(H,30,31)/b21-14-/t18-/m1/s1. The Hall–Kier alpha value is -4.08. The van der Waals surface area contributed by atoms with Crippen LogP contribution in [0.5, 0.6) is 5.75 Å². The number of hydrogen-bond acceptors (Lipinski definition) is 4. The molecule has 0 aromatic heterocycles. The van der Waals surface area contributed by atoms with Crippen molar-refractivity contribution in [3.8, 4) is 11.8 Å². The normalized spacial score (nSPS) is 11.7. The first-order valence-corrected chi connectivity index (χ1v) is 10.6. The number of carbonyl (C=O) groups is 2. The molecule has 2 amide bonds. The number of halogens is 1. The van der Waals surface area contributed by atoms with Gasteiger partial charge in [0.1, 0.15) is 17.4 Å². The lowest BCUT2D eigenvalue weighted by atomic mass is 10.1. The largest absolute Gasteiger partial charge is 0.482 e. The highest BCUT2D eigenvalue weighted by Gasteiger charge is 2.14. The SMILES string of the molecule is C[C@@H](NC(=O)/C(C#N)=C\c1ccc(OCC(=O)Nc2ccccc2)c(Cl)c1)c1ccccc1. The molecular weight excluding hydrogens is 438 g/mol. The maximum Gasteiger partial charge on any atom is 0.262 e. The van der Waals surface area contributed by atoms with Crippen LogP contribution in [0.4, 0.5) is 5.69 Å². The molecule has 3 rings (SSSR count). The van der Waals surface area contributed by atoms with Crippen molar-refractivity contribution in [2.24, 2.45) is 0 Å². The second-order valence-corrected chi connectivity index (χ2v) is 7.58. The second kappa shape index (κ2) is 11.5. The average molecular weight is 460 g/mol. The minimum atomic E-state index is -0.483. The van der Waals surface area contributed by atoms with Crippen LogP contribution in [0, 0.1) is 11.3 Å². The maximum atomic E-state index is 12.5. The van der Waals surface area contributed by atoms with Crippen molar-refractivity contribution in [2.45, 2.75) is 13.0 Å². The number of carbonyl (C=O) groups excluding carboxylic acids is 2. The molecule has 3 aromatic rings. The van der Waals surface area contributed by atoms with Gasteiger partial charge in [-0.2, -0.15) is 5.26 Å². The van der Waals surface area contributed by atoms with Crippen LogP contribution in [0.2, 0.25) is 5.02 Å². The van der Waals surface area contributed by atoms with Gasteiger partial charge < -0.3 is 15.4 Å². The van der Waals surface area contributed by atoms with Gasteiger partial charge in [0.2, 0.25) is 0 Å². The molecule has 0 unspecified atom stereocenters. The monoisotopic (exact) mass is 459 g/mol. The van der Waals surface area contributed by atoms with E-state index >= 15 is 0 Å². The van der Waals surface area contributed by atoms with Crippen molar-refractivity contribution < 1.29 is 14.3 Å². The molecule has 0 heterocycles. The van der Waals surface area contributed by atoms with Gasteiger partial charge in [0.25, 0.3) is 11.8 Å². The van der Waals surface area contributed by atoms with Gasteiger partial charge in [-0.3, -0.25) is 9.59 Å². The molecule has 0 aliphatic heterocycles. The molecule has 0 bridgehead atoms. The molecule has 1 atom stereocenters. The van der Waals surface area contributed by atoms with Crippen LogP contribution in [0.25, 0.3) is 6.08 Å². The summed E-state index contributed by atoms with van der Waals surface area (Å²) < 4.78 is 5.50. The lowest BCUT2D eigenvalue weighted by molar-refractivity contribution is -0.118. The number of nitriles is 1. The fraction of sp³-hybridized carbons (Fsp3) is 0.115. The van der Waals surface area contributed by atoms with Crippen LogP contribution >= 0.6 is 11.6 Å². The van der Waals surface area contributed by atoms with Gasteiger partial charge in [-0.1, -0.05) is 66.2 Å². The van der Waals surface area contributed by atoms with Crippen LogP contribution in [0.15, 0.2) is 84.4 Å². The van der Waals surface area contributed by atoms with E-state index in [4.69, 9.17) is 16.3 Å². The predicted molar refractivity (Wildman–Crippen MR) is 129 cm³/mol. The maximum absolute atomic E-state index is 12.5. The molecule has 0 aliphatic rings. The molecule has 0 saturated carbocycles. The number of amides is 2. The smallest absolute Gasteiger partial charge is 0.262 e. The van der Waals surface area contributed by atoms with E-state index in [-0.39, 0.29) is 29.2 Å². The Morgan fingerprint density at radius 3 is 2.36 bits per heavy atom. The Morgan fingerprint density at radius 2 is 1.73 bits per heavy atom. The van der Waals surface area contributed by atoms with Gasteiger partial charge in [-0.15, -0.1) is 0 Å². The van der Waals surface area contributed by atoms with Crippen LogP contribution in [0.1, 0.15) is 24.1 Å². The second-order valence-electron chi connectivity index (χ2n) is 7.17. The van der Waals surface area contributed by atoms with Crippen molar-refractivity contribution >= 4 is 35.2 Å². The number of nitrogens with one attached hydrogen (secondary N) is 2. The third kappa shape index (κ3) is 6.96. The van der Waals surface area contributed by atoms with Crippen LogP contribution in [-0.4, -0.2) is 18.4 Å². The summed E-state index contributed by atoms with van der Waals surface area (Å²) in [5.74, 6) is -0.488. The summed E-state index contributed by atoms with van der Waals surface area (Å²) in [7, 11) is 0. The molecule has 3 aromatic carbocycles. The summed E-state index contributed by atoms with van der Waals surface area (Å²) in [6.45, 7) is 1.63.